The lowest BCUT2D eigenvalue weighted by Crippen LogP contribution is -2.47. The van der Waals surface area contributed by atoms with Crippen LogP contribution in [-0.2, 0) is 17.8 Å². The van der Waals surface area contributed by atoms with Crippen LogP contribution >= 0.6 is 11.6 Å². The van der Waals surface area contributed by atoms with E-state index in [-0.39, 0.29) is 33.9 Å². The van der Waals surface area contributed by atoms with Crippen LogP contribution in [0.25, 0.3) is 0 Å². The van der Waals surface area contributed by atoms with Crippen molar-refractivity contribution in [3.8, 4) is 0 Å². The average molecular weight is 495 g/mol. The van der Waals surface area contributed by atoms with Gasteiger partial charge in [-0.1, -0.05) is 36.2 Å². The van der Waals surface area contributed by atoms with Gasteiger partial charge in [-0.15, -0.1) is 0 Å². The van der Waals surface area contributed by atoms with Crippen LogP contribution in [0.1, 0.15) is 67.1 Å². The highest BCUT2D eigenvalue weighted by Gasteiger charge is 2.52. The summed E-state index contributed by atoms with van der Waals surface area (Å²) in [4.78, 5) is 36.4. The van der Waals surface area contributed by atoms with Crippen molar-refractivity contribution in [2.45, 2.75) is 58.4 Å². The van der Waals surface area contributed by atoms with Crippen LogP contribution in [0.5, 0.6) is 0 Å². The van der Waals surface area contributed by atoms with Crippen LogP contribution in [-0.4, -0.2) is 33.2 Å². The highest BCUT2D eigenvalue weighted by atomic mass is 35.5. The Morgan fingerprint density at radius 2 is 2.14 bits per heavy atom. The van der Waals surface area contributed by atoms with E-state index in [1.165, 1.54) is 47.8 Å². The maximum atomic E-state index is 14.3. The minimum Gasteiger partial charge on any atom is -0.332 e. The quantitative estimate of drug-likeness (QED) is 0.583. The summed E-state index contributed by atoms with van der Waals surface area (Å²) in [5.41, 5.74) is 3.20. The normalized spacial score (nSPS) is 28.5. The summed E-state index contributed by atoms with van der Waals surface area (Å²) in [5.74, 6) is 0.110. The fourth-order valence-electron chi connectivity index (χ4n) is 7.47. The van der Waals surface area contributed by atoms with Crippen LogP contribution in [0.4, 0.5) is 10.2 Å². The lowest BCUT2D eigenvalue weighted by atomic mass is 9.48. The molecule has 0 radical (unpaired) electrons. The molecule has 8 heteroatoms. The van der Waals surface area contributed by atoms with Crippen LogP contribution < -0.4 is 5.32 Å². The Balaban J connectivity index is 1.17. The zero-order valence-corrected chi connectivity index (χ0v) is 20.5. The monoisotopic (exact) mass is 494 g/mol. The van der Waals surface area contributed by atoms with Crippen molar-refractivity contribution in [2.24, 2.45) is 16.7 Å². The number of amides is 2. The summed E-state index contributed by atoms with van der Waals surface area (Å²) in [5, 5.41) is 3.15. The van der Waals surface area contributed by atoms with E-state index >= 15 is 0 Å². The maximum absolute atomic E-state index is 14.3. The van der Waals surface area contributed by atoms with E-state index in [0.717, 1.165) is 24.8 Å². The topological polar surface area (TPSA) is 75.2 Å². The summed E-state index contributed by atoms with van der Waals surface area (Å²) in [6, 6.07) is 4.21. The fraction of sp³-hybridized carbons (Fsp3) is 0.481. The molecular weight excluding hydrogens is 467 g/mol. The highest BCUT2D eigenvalue weighted by molar-refractivity contribution is 6.33. The number of aromatic nitrogens is 2. The van der Waals surface area contributed by atoms with Crippen molar-refractivity contribution in [3.63, 3.8) is 0 Å². The average Bonchev–Trinajstić information content (AvgIpc) is 2.76. The Bertz CT molecular complexity index is 1260. The Labute approximate surface area is 209 Å². The van der Waals surface area contributed by atoms with Crippen molar-refractivity contribution in [2.75, 3.05) is 11.9 Å². The Morgan fingerprint density at radius 1 is 1.29 bits per heavy atom. The molecule has 0 spiro atoms. The van der Waals surface area contributed by atoms with Gasteiger partial charge in [-0.25, -0.2) is 14.4 Å². The van der Waals surface area contributed by atoms with Crippen LogP contribution in [0.3, 0.4) is 0 Å². The lowest BCUT2D eigenvalue weighted by molar-refractivity contribution is -0.121. The second kappa shape index (κ2) is 8.12. The number of carbonyl (C=O) groups excluding carboxylic acids is 2. The van der Waals surface area contributed by atoms with Crippen LogP contribution in [0.2, 0.25) is 5.02 Å². The number of benzene rings is 1. The molecule has 3 atom stereocenters. The van der Waals surface area contributed by atoms with Gasteiger partial charge in [-0.3, -0.25) is 9.59 Å². The number of hydrogen-bond acceptors (Lipinski definition) is 4. The number of hydrogen-bond donors (Lipinski definition) is 1. The number of halogens is 2. The SMILES string of the molecule is CC12C=C3CC(C1)CC(CC(=O)Nc1ncnc4c1CCN(C(=O)c1c(F)cccc1Cl)C4)(C3)C2. The number of nitrogens with zero attached hydrogens (tertiary/aromatic N) is 3. The van der Waals surface area contributed by atoms with Gasteiger partial charge in [0.2, 0.25) is 5.91 Å². The minimum atomic E-state index is -0.641. The molecule has 182 valence electrons. The maximum Gasteiger partial charge on any atom is 0.258 e. The zero-order chi connectivity index (χ0) is 24.4. The summed E-state index contributed by atoms with van der Waals surface area (Å²) in [6.45, 7) is 2.92. The largest absolute Gasteiger partial charge is 0.332 e. The van der Waals surface area contributed by atoms with Crippen molar-refractivity contribution >= 4 is 29.2 Å². The summed E-state index contributed by atoms with van der Waals surface area (Å²) in [7, 11) is 0. The fourth-order valence-corrected chi connectivity index (χ4v) is 7.71. The molecule has 6 nitrogen and oxygen atoms in total. The molecule has 2 saturated carbocycles. The summed E-state index contributed by atoms with van der Waals surface area (Å²) < 4.78 is 14.3. The molecule has 3 unspecified atom stereocenters. The predicted molar refractivity (Wildman–Crippen MR) is 130 cm³/mol. The van der Waals surface area contributed by atoms with Gasteiger partial charge in [0.05, 0.1) is 22.8 Å². The second-order valence-corrected chi connectivity index (χ2v) is 11.6. The second-order valence-electron chi connectivity index (χ2n) is 11.2. The number of carbonyl (C=O) groups is 2. The minimum absolute atomic E-state index is 0.00584. The van der Waals surface area contributed by atoms with E-state index in [4.69, 9.17) is 11.6 Å². The van der Waals surface area contributed by atoms with Gasteiger partial charge in [0.25, 0.3) is 5.91 Å². The van der Waals surface area contributed by atoms with E-state index in [9.17, 15) is 14.0 Å². The van der Waals surface area contributed by atoms with Gasteiger partial charge in [0.1, 0.15) is 18.0 Å². The molecule has 35 heavy (non-hydrogen) atoms. The Morgan fingerprint density at radius 3 is 2.91 bits per heavy atom. The summed E-state index contributed by atoms with van der Waals surface area (Å²) in [6.07, 6.45) is 10.5. The first-order valence-electron chi connectivity index (χ1n) is 12.3. The first-order chi connectivity index (χ1) is 16.7. The van der Waals surface area contributed by atoms with E-state index in [2.05, 4.69) is 28.3 Å². The van der Waals surface area contributed by atoms with Crippen LogP contribution in [0.15, 0.2) is 36.2 Å². The molecule has 4 aliphatic carbocycles. The first kappa shape index (κ1) is 22.7. The first-order valence-corrected chi connectivity index (χ1v) is 12.7. The zero-order valence-electron chi connectivity index (χ0n) is 19.7. The molecule has 1 aliphatic heterocycles. The number of nitrogens with one attached hydrogen (secondary N) is 1. The van der Waals surface area contributed by atoms with Gasteiger partial charge in [-0.05, 0) is 67.4 Å². The smallest absolute Gasteiger partial charge is 0.258 e. The van der Waals surface area contributed by atoms with Crippen LogP contribution in [0, 0.1) is 22.6 Å². The van der Waals surface area contributed by atoms with Crippen molar-refractivity contribution in [1.29, 1.82) is 0 Å². The van der Waals surface area contributed by atoms with E-state index < -0.39 is 11.7 Å². The van der Waals surface area contributed by atoms with Crippen molar-refractivity contribution in [1.82, 2.24) is 14.9 Å². The highest BCUT2D eigenvalue weighted by Crippen LogP contribution is 2.63. The third-order valence-electron chi connectivity index (χ3n) is 8.23. The molecule has 2 fully saturated rings. The third kappa shape index (κ3) is 4.03. The van der Waals surface area contributed by atoms with E-state index in [0.29, 0.717) is 36.8 Å². The van der Waals surface area contributed by atoms with Crippen molar-refractivity contribution < 1.29 is 14.0 Å². The molecule has 0 saturated heterocycles. The number of allylic oxidation sites excluding steroid dienone is 2. The van der Waals surface area contributed by atoms with Gasteiger partial charge >= 0.3 is 0 Å². The molecule has 1 aromatic carbocycles. The molecule has 2 heterocycles. The number of fused-ring (bicyclic) bond motifs is 1. The third-order valence-corrected chi connectivity index (χ3v) is 8.54. The van der Waals surface area contributed by atoms with Gasteiger partial charge in [0.15, 0.2) is 0 Å². The van der Waals surface area contributed by atoms with Gasteiger partial charge in [-0.2, -0.15) is 0 Å². The van der Waals surface area contributed by atoms with Gasteiger partial charge < -0.3 is 10.2 Å². The van der Waals surface area contributed by atoms with E-state index in [1.54, 1.807) is 0 Å². The molecule has 2 aromatic rings. The standard InChI is InChI=1S/C27H28ClFN4O2/c1-26-8-16-7-17(9-26)11-27(10-16,14-26)12-22(34)32-24-18-5-6-33(13-21(18)30-15-31-24)25(35)23-19(28)3-2-4-20(23)29/h2-4,8,15,17H,5-7,9-14H2,1H3,(H,30,31,32,34). The molecule has 7 rings (SSSR count). The number of rotatable bonds is 4. The molecule has 4 bridgehead atoms. The molecular formula is C27H28ClFN4O2. The Kier molecular flexibility index (Phi) is 5.25. The van der Waals surface area contributed by atoms with E-state index in [1.807, 2.05) is 0 Å². The van der Waals surface area contributed by atoms with Gasteiger partial charge in [0, 0.05) is 18.5 Å². The van der Waals surface area contributed by atoms with Crippen molar-refractivity contribution in [3.05, 3.63) is 63.8 Å². The molecule has 1 aromatic heterocycles. The molecule has 1 N–H and O–H groups in total. The molecule has 5 aliphatic rings. The molecule has 2 amide bonds. The Hall–Kier alpha value is -2.80. The number of anilines is 1. The lowest BCUT2D eigenvalue weighted by Gasteiger charge is -2.57. The predicted octanol–water partition coefficient (Wildman–Crippen LogP) is 5.32. The summed E-state index contributed by atoms with van der Waals surface area (Å²) >= 11 is 6.10.